The Labute approximate surface area is 189 Å². The molecule has 2 fully saturated rings. The Morgan fingerprint density at radius 2 is 1.77 bits per heavy atom. The lowest BCUT2D eigenvalue weighted by Gasteiger charge is -2.35. The number of ketones is 1. The molecule has 1 aliphatic carbocycles. The van der Waals surface area contributed by atoms with Gasteiger partial charge in [0, 0.05) is 5.92 Å². The second kappa shape index (κ2) is 10.5. The Bertz CT molecular complexity index is 720. The first-order chi connectivity index (χ1) is 14.2. The lowest BCUT2D eigenvalue weighted by atomic mass is 9.76. The molecule has 0 unspecified atom stereocenters. The summed E-state index contributed by atoms with van der Waals surface area (Å²) in [4.78, 5) is 27.0. The molecule has 0 aromatic carbocycles. The molecule has 1 aliphatic heterocycles. The van der Waals surface area contributed by atoms with E-state index >= 15 is 0 Å². The first kappa shape index (κ1) is 23.6. The van der Waals surface area contributed by atoms with Gasteiger partial charge in [-0.1, -0.05) is 37.3 Å². The number of primary amides is 1. The Morgan fingerprint density at radius 1 is 1.13 bits per heavy atom. The number of ether oxygens (including phenoxy) is 1. The lowest BCUT2D eigenvalue weighted by molar-refractivity contribution is 0.0192. The second-order valence-corrected chi connectivity index (χ2v) is 11.4. The fourth-order valence-corrected chi connectivity index (χ4v) is 6.23. The van der Waals surface area contributed by atoms with Crippen LogP contribution in [0.1, 0.15) is 74.9 Å². The fourth-order valence-electron chi connectivity index (χ4n) is 5.17. The van der Waals surface area contributed by atoms with Crippen LogP contribution in [-0.4, -0.2) is 42.0 Å². The van der Waals surface area contributed by atoms with Crippen molar-refractivity contribution in [1.29, 1.82) is 0 Å². The molecule has 5 nitrogen and oxygen atoms in total. The average molecular weight is 455 g/mol. The fraction of sp³-hybridized carbons (Fsp3) is 0.739. The number of rotatable bonds is 8. The molecule has 30 heavy (non-hydrogen) atoms. The van der Waals surface area contributed by atoms with E-state index in [1.807, 2.05) is 26.0 Å². The van der Waals surface area contributed by atoms with Crippen molar-refractivity contribution in [2.75, 3.05) is 19.6 Å². The zero-order valence-electron chi connectivity index (χ0n) is 18.2. The highest BCUT2D eigenvalue weighted by Crippen LogP contribution is 2.36. The smallest absolute Gasteiger partial charge is 0.405 e. The summed E-state index contributed by atoms with van der Waals surface area (Å²) in [7, 11) is 0. The molecule has 1 aromatic heterocycles. The zero-order valence-corrected chi connectivity index (χ0v) is 19.8. The summed E-state index contributed by atoms with van der Waals surface area (Å²) in [6, 6.07) is 3.67. The molecule has 168 valence electrons. The predicted octanol–water partition coefficient (Wildman–Crippen LogP) is 5.76. The number of Topliss-reactive ketones (excluding diaryl/α,β-unsaturated/α-hetero) is 1. The van der Waals surface area contributed by atoms with Crippen LogP contribution in [0.3, 0.4) is 0 Å². The molecule has 0 atom stereocenters. The van der Waals surface area contributed by atoms with Crippen molar-refractivity contribution in [2.45, 2.75) is 70.8 Å². The number of hydrogen-bond acceptors (Lipinski definition) is 5. The minimum Gasteiger partial charge on any atom is -0.444 e. The standard InChI is InChI=1S/C23H35ClN2O3S/c1-23(2,29-22(25)28)15-17-5-3-16(4-6-17)9-12-26-13-10-18(11-14-26)21(27)19-7-8-20(24)30-19/h7-8,16-18H,3-6,9-15H2,1-2H3,(H2,25,28). The van der Waals surface area contributed by atoms with E-state index in [1.165, 1.54) is 43.4 Å². The molecule has 2 N–H and O–H groups in total. The predicted molar refractivity (Wildman–Crippen MR) is 122 cm³/mol. The maximum Gasteiger partial charge on any atom is 0.405 e. The molecule has 1 aromatic rings. The molecular formula is C23H35ClN2O3S. The van der Waals surface area contributed by atoms with Gasteiger partial charge < -0.3 is 15.4 Å². The van der Waals surface area contributed by atoms with Crippen molar-refractivity contribution >= 4 is 34.8 Å². The molecule has 2 heterocycles. The Kier molecular flexibility index (Phi) is 8.22. The number of piperidine rings is 1. The average Bonchev–Trinajstić information content (AvgIpc) is 3.12. The maximum absolute atomic E-state index is 12.6. The van der Waals surface area contributed by atoms with Gasteiger partial charge in [-0.05, 0) is 83.1 Å². The van der Waals surface area contributed by atoms with E-state index in [1.54, 1.807) is 0 Å². The second-order valence-electron chi connectivity index (χ2n) is 9.64. The molecular weight excluding hydrogens is 420 g/mol. The summed E-state index contributed by atoms with van der Waals surface area (Å²) in [5.41, 5.74) is 4.71. The van der Waals surface area contributed by atoms with Crippen LogP contribution in [0.5, 0.6) is 0 Å². The van der Waals surface area contributed by atoms with Gasteiger partial charge in [-0.15, -0.1) is 11.3 Å². The van der Waals surface area contributed by atoms with Crippen LogP contribution >= 0.6 is 22.9 Å². The van der Waals surface area contributed by atoms with E-state index in [-0.39, 0.29) is 11.7 Å². The van der Waals surface area contributed by atoms with Crippen molar-refractivity contribution in [1.82, 2.24) is 4.90 Å². The number of nitrogens with zero attached hydrogens (tertiary/aromatic N) is 1. The van der Waals surface area contributed by atoms with Crippen LogP contribution in [0.4, 0.5) is 4.79 Å². The number of hydrogen-bond donors (Lipinski definition) is 1. The molecule has 2 aliphatic rings. The highest BCUT2D eigenvalue weighted by molar-refractivity contribution is 7.18. The van der Waals surface area contributed by atoms with Gasteiger partial charge >= 0.3 is 6.09 Å². The largest absolute Gasteiger partial charge is 0.444 e. The number of carbonyl (C=O) groups excluding carboxylic acids is 2. The molecule has 1 saturated carbocycles. The summed E-state index contributed by atoms with van der Waals surface area (Å²) < 4.78 is 5.94. The normalized spacial score (nSPS) is 24.0. The maximum atomic E-state index is 12.6. The minimum absolute atomic E-state index is 0.150. The summed E-state index contributed by atoms with van der Waals surface area (Å²) in [6.45, 7) is 7.07. The van der Waals surface area contributed by atoms with Gasteiger partial charge in [0.15, 0.2) is 5.78 Å². The first-order valence-electron chi connectivity index (χ1n) is 11.2. The van der Waals surface area contributed by atoms with Crippen LogP contribution in [-0.2, 0) is 4.74 Å². The van der Waals surface area contributed by atoms with Crippen LogP contribution in [0.25, 0.3) is 0 Å². The molecule has 1 amide bonds. The number of carbonyl (C=O) groups is 2. The van der Waals surface area contributed by atoms with Gasteiger partial charge in [0.05, 0.1) is 9.21 Å². The lowest BCUT2D eigenvalue weighted by Crippen LogP contribution is -2.37. The Morgan fingerprint density at radius 3 is 2.33 bits per heavy atom. The van der Waals surface area contributed by atoms with Gasteiger partial charge in [0.25, 0.3) is 0 Å². The number of likely N-dealkylation sites (tertiary alicyclic amines) is 1. The van der Waals surface area contributed by atoms with E-state index in [2.05, 4.69) is 4.90 Å². The monoisotopic (exact) mass is 454 g/mol. The van der Waals surface area contributed by atoms with Gasteiger partial charge in [0.1, 0.15) is 5.60 Å². The van der Waals surface area contributed by atoms with Crippen LogP contribution in [0.15, 0.2) is 12.1 Å². The molecule has 3 rings (SSSR count). The van der Waals surface area contributed by atoms with Crippen LogP contribution in [0, 0.1) is 17.8 Å². The van der Waals surface area contributed by atoms with E-state index < -0.39 is 11.7 Å². The van der Waals surface area contributed by atoms with Gasteiger partial charge in [-0.2, -0.15) is 0 Å². The van der Waals surface area contributed by atoms with Crippen molar-refractivity contribution in [3.63, 3.8) is 0 Å². The highest BCUT2D eigenvalue weighted by Gasteiger charge is 2.31. The van der Waals surface area contributed by atoms with Crippen molar-refractivity contribution in [3.8, 4) is 0 Å². The number of thiophene rings is 1. The number of nitrogens with two attached hydrogens (primary N) is 1. The topological polar surface area (TPSA) is 72.6 Å². The zero-order chi connectivity index (χ0) is 21.7. The summed E-state index contributed by atoms with van der Waals surface area (Å²) >= 11 is 7.37. The molecule has 7 heteroatoms. The number of halogens is 1. The Hall–Kier alpha value is -1.11. The van der Waals surface area contributed by atoms with Gasteiger partial charge in [-0.3, -0.25) is 4.79 Å². The van der Waals surface area contributed by atoms with Gasteiger partial charge in [0.2, 0.25) is 0 Å². The van der Waals surface area contributed by atoms with Crippen LogP contribution < -0.4 is 5.73 Å². The molecule has 0 bridgehead atoms. The highest BCUT2D eigenvalue weighted by atomic mass is 35.5. The number of amides is 1. The molecule has 0 spiro atoms. The van der Waals surface area contributed by atoms with Crippen LogP contribution in [0.2, 0.25) is 4.34 Å². The van der Waals surface area contributed by atoms with Gasteiger partial charge in [-0.25, -0.2) is 4.79 Å². The van der Waals surface area contributed by atoms with Crippen molar-refractivity contribution in [2.24, 2.45) is 23.5 Å². The third-order valence-corrected chi connectivity index (χ3v) is 8.00. The van der Waals surface area contributed by atoms with Crippen molar-refractivity contribution in [3.05, 3.63) is 21.3 Å². The molecule has 0 radical (unpaired) electrons. The minimum atomic E-state index is -0.682. The SMILES string of the molecule is CC(C)(CC1CCC(CCN2CCC(C(=O)c3ccc(Cl)s3)CC2)CC1)OC(N)=O. The first-order valence-corrected chi connectivity index (χ1v) is 12.4. The van der Waals surface area contributed by atoms with E-state index in [4.69, 9.17) is 22.1 Å². The van der Waals surface area contributed by atoms with E-state index in [0.29, 0.717) is 10.3 Å². The molecule has 1 saturated heterocycles. The third kappa shape index (κ3) is 6.96. The van der Waals surface area contributed by atoms with E-state index in [0.717, 1.165) is 49.7 Å². The van der Waals surface area contributed by atoms with E-state index in [9.17, 15) is 9.59 Å². The summed E-state index contributed by atoms with van der Waals surface area (Å²) in [6.07, 6.45) is 8.28. The summed E-state index contributed by atoms with van der Waals surface area (Å²) in [5.74, 6) is 1.82. The Balaban J connectivity index is 1.33. The van der Waals surface area contributed by atoms with Crippen molar-refractivity contribution < 1.29 is 14.3 Å². The quantitative estimate of drug-likeness (QED) is 0.507. The summed E-state index contributed by atoms with van der Waals surface area (Å²) in [5, 5.41) is 0. The third-order valence-electron chi connectivity index (χ3n) is 6.75.